The van der Waals surface area contributed by atoms with Crippen molar-refractivity contribution in [2.24, 2.45) is 0 Å². The van der Waals surface area contributed by atoms with Gasteiger partial charge in [-0.2, -0.15) is 0 Å². The molecule has 1 fully saturated rings. The van der Waals surface area contributed by atoms with Gasteiger partial charge in [0.15, 0.2) is 0 Å². The zero-order chi connectivity index (χ0) is 20.5. The summed E-state index contributed by atoms with van der Waals surface area (Å²) < 4.78 is 0. The topological polar surface area (TPSA) is 43.9 Å². The van der Waals surface area contributed by atoms with Gasteiger partial charge >= 0.3 is 0 Å². The van der Waals surface area contributed by atoms with E-state index in [9.17, 15) is 9.59 Å². The Bertz CT molecular complexity index is 949. The van der Waals surface area contributed by atoms with Crippen molar-refractivity contribution in [3.8, 4) is 0 Å². The summed E-state index contributed by atoms with van der Waals surface area (Å²) in [7, 11) is 2.04. The average molecular weight is 432 g/mol. The number of nitrogens with zero attached hydrogens (tertiary/aromatic N) is 3. The van der Waals surface area contributed by atoms with Crippen LogP contribution in [0.4, 0.5) is 5.69 Å². The number of para-hydroxylation sites is 1. The molecule has 0 saturated carbocycles. The van der Waals surface area contributed by atoms with Crippen LogP contribution in [0.1, 0.15) is 28.8 Å². The maximum atomic E-state index is 13.4. The summed E-state index contributed by atoms with van der Waals surface area (Å²) in [5, 5.41) is 0.801. The van der Waals surface area contributed by atoms with E-state index in [4.69, 9.17) is 23.2 Å². The van der Waals surface area contributed by atoms with E-state index in [2.05, 4.69) is 17.0 Å². The van der Waals surface area contributed by atoms with Crippen LogP contribution in [0.25, 0.3) is 0 Å². The van der Waals surface area contributed by atoms with Crippen LogP contribution < -0.4 is 4.90 Å². The second-order valence-corrected chi connectivity index (χ2v) is 8.43. The number of hydrogen-bond donors (Lipinski definition) is 0. The highest BCUT2D eigenvalue weighted by molar-refractivity contribution is 6.35. The number of rotatable bonds is 2. The van der Waals surface area contributed by atoms with Crippen LogP contribution in [0.15, 0.2) is 42.5 Å². The Morgan fingerprint density at radius 2 is 1.83 bits per heavy atom. The van der Waals surface area contributed by atoms with E-state index in [1.807, 2.05) is 24.1 Å². The monoisotopic (exact) mass is 431 g/mol. The zero-order valence-electron chi connectivity index (χ0n) is 16.3. The second-order valence-electron chi connectivity index (χ2n) is 7.59. The number of benzene rings is 2. The van der Waals surface area contributed by atoms with Crippen molar-refractivity contribution in [3.63, 3.8) is 0 Å². The maximum Gasteiger partial charge on any atom is 0.256 e. The molecule has 0 bridgehead atoms. The molecule has 2 aromatic carbocycles. The van der Waals surface area contributed by atoms with Crippen molar-refractivity contribution in [1.82, 2.24) is 9.80 Å². The summed E-state index contributed by atoms with van der Waals surface area (Å²) in [5.41, 5.74) is 2.61. The number of hydrogen-bond acceptors (Lipinski definition) is 3. The molecule has 4 rings (SSSR count). The van der Waals surface area contributed by atoms with Crippen molar-refractivity contribution < 1.29 is 9.59 Å². The van der Waals surface area contributed by atoms with E-state index in [1.165, 1.54) is 0 Å². The molecule has 0 spiro atoms. The summed E-state index contributed by atoms with van der Waals surface area (Å²) in [6.45, 7) is 2.47. The highest BCUT2D eigenvalue weighted by atomic mass is 35.5. The number of carbonyl (C=O) groups is 2. The second kappa shape index (κ2) is 8.25. The van der Waals surface area contributed by atoms with Gasteiger partial charge in [0, 0.05) is 43.9 Å². The van der Waals surface area contributed by atoms with Crippen molar-refractivity contribution in [2.75, 3.05) is 31.6 Å². The van der Waals surface area contributed by atoms with Gasteiger partial charge < -0.3 is 14.7 Å². The minimum Gasteiger partial charge on any atom is -0.373 e. The largest absolute Gasteiger partial charge is 0.373 e. The third-order valence-electron chi connectivity index (χ3n) is 5.74. The molecule has 2 aliphatic heterocycles. The lowest BCUT2D eigenvalue weighted by atomic mass is 10.1. The number of anilines is 1. The van der Waals surface area contributed by atoms with Gasteiger partial charge in [-0.05, 0) is 42.7 Å². The van der Waals surface area contributed by atoms with E-state index < -0.39 is 6.04 Å². The van der Waals surface area contributed by atoms with Crippen LogP contribution in [-0.2, 0) is 11.3 Å². The molecule has 29 heavy (non-hydrogen) atoms. The minimum atomic E-state index is -0.465. The van der Waals surface area contributed by atoms with Crippen molar-refractivity contribution in [2.45, 2.75) is 25.4 Å². The van der Waals surface area contributed by atoms with Crippen LogP contribution >= 0.6 is 23.2 Å². The lowest BCUT2D eigenvalue weighted by molar-refractivity contribution is -0.135. The summed E-state index contributed by atoms with van der Waals surface area (Å²) in [5.74, 6) is -0.236. The molecule has 0 aromatic heterocycles. The fraction of sp³-hybridized carbons (Fsp3) is 0.364. The molecule has 5 nitrogen and oxygen atoms in total. The highest BCUT2D eigenvalue weighted by Gasteiger charge is 2.38. The molecule has 1 unspecified atom stereocenters. The minimum absolute atomic E-state index is 0.000830. The number of likely N-dealkylation sites (N-methyl/N-ethyl adjacent to an activating group) is 1. The molecule has 1 saturated heterocycles. The number of halogens is 2. The fourth-order valence-electron chi connectivity index (χ4n) is 4.17. The van der Waals surface area contributed by atoms with Crippen LogP contribution in [-0.4, -0.2) is 54.3 Å². The first kappa shape index (κ1) is 20.0. The number of carbonyl (C=O) groups excluding carboxylic acids is 2. The Morgan fingerprint density at radius 3 is 2.66 bits per heavy atom. The third kappa shape index (κ3) is 3.94. The molecule has 2 aliphatic rings. The lowest BCUT2D eigenvalue weighted by Crippen LogP contribution is -2.48. The van der Waals surface area contributed by atoms with Gasteiger partial charge in [-0.3, -0.25) is 9.59 Å². The molecule has 152 valence electrons. The van der Waals surface area contributed by atoms with Gasteiger partial charge in [0.05, 0.1) is 10.6 Å². The van der Waals surface area contributed by atoms with Crippen LogP contribution in [0.5, 0.6) is 0 Å². The Hall–Kier alpha value is -2.24. The van der Waals surface area contributed by atoms with Gasteiger partial charge in [0.25, 0.3) is 5.91 Å². The van der Waals surface area contributed by atoms with Gasteiger partial charge in [0.2, 0.25) is 5.91 Å². The maximum absolute atomic E-state index is 13.4. The molecule has 0 radical (unpaired) electrons. The van der Waals surface area contributed by atoms with Crippen molar-refractivity contribution in [1.29, 1.82) is 0 Å². The smallest absolute Gasteiger partial charge is 0.256 e. The molecule has 7 heteroatoms. The van der Waals surface area contributed by atoms with E-state index in [0.29, 0.717) is 41.7 Å². The number of fused-ring (bicyclic) bond motifs is 1. The zero-order valence-corrected chi connectivity index (χ0v) is 17.8. The quantitative estimate of drug-likeness (QED) is 0.719. The molecule has 2 heterocycles. The molecule has 2 aromatic rings. The van der Waals surface area contributed by atoms with Crippen LogP contribution in [0.2, 0.25) is 10.0 Å². The standard InChI is InChI=1S/C22H23Cl2N3O2/c1-25-11-12-26(14-15-5-2-3-6-19(15)25)22(29)20-7-4-10-27(20)21(28)17-13-16(23)8-9-18(17)24/h2-3,5-6,8-9,13,20H,4,7,10-12,14H2,1H3. The molecular formula is C22H23Cl2N3O2. The summed E-state index contributed by atoms with van der Waals surface area (Å²) in [6, 6.07) is 12.5. The van der Waals surface area contributed by atoms with E-state index in [0.717, 1.165) is 24.2 Å². The molecular weight excluding hydrogens is 409 g/mol. The Kier molecular flexibility index (Phi) is 5.70. The predicted octanol–water partition coefficient (Wildman–Crippen LogP) is 4.08. The first-order chi connectivity index (χ1) is 14.0. The first-order valence-electron chi connectivity index (χ1n) is 9.79. The van der Waals surface area contributed by atoms with Gasteiger partial charge in [-0.15, -0.1) is 0 Å². The van der Waals surface area contributed by atoms with Gasteiger partial charge in [0.1, 0.15) is 6.04 Å². The SMILES string of the molecule is CN1CCN(C(=O)C2CCCN2C(=O)c2cc(Cl)ccc2Cl)Cc2ccccc21. The molecule has 1 atom stereocenters. The van der Waals surface area contributed by atoms with E-state index in [-0.39, 0.29) is 11.8 Å². The third-order valence-corrected chi connectivity index (χ3v) is 6.30. The Labute approximate surface area is 180 Å². The number of amides is 2. The molecule has 2 amide bonds. The van der Waals surface area contributed by atoms with Crippen LogP contribution in [0, 0.1) is 0 Å². The Morgan fingerprint density at radius 1 is 1.03 bits per heavy atom. The normalized spacial score (nSPS) is 19.1. The summed E-state index contributed by atoms with van der Waals surface area (Å²) in [6.07, 6.45) is 1.46. The summed E-state index contributed by atoms with van der Waals surface area (Å²) in [4.78, 5) is 32.3. The van der Waals surface area contributed by atoms with Gasteiger partial charge in [-0.1, -0.05) is 41.4 Å². The molecule has 0 aliphatic carbocycles. The van der Waals surface area contributed by atoms with Crippen molar-refractivity contribution in [3.05, 3.63) is 63.6 Å². The van der Waals surface area contributed by atoms with Gasteiger partial charge in [-0.25, -0.2) is 0 Å². The first-order valence-corrected chi connectivity index (χ1v) is 10.5. The van der Waals surface area contributed by atoms with E-state index >= 15 is 0 Å². The van der Waals surface area contributed by atoms with Crippen molar-refractivity contribution >= 4 is 40.7 Å². The highest BCUT2D eigenvalue weighted by Crippen LogP contribution is 2.29. The predicted molar refractivity (Wildman–Crippen MR) is 116 cm³/mol. The lowest BCUT2D eigenvalue weighted by Gasteiger charge is -2.30. The fourth-order valence-corrected chi connectivity index (χ4v) is 4.54. The average Bonchev–Trinajstić information content (AvgIpc) is 3.15. The number of likely N-dealkylation sites (tertiary alicyclic amines) is 1. The van der Waals surface area contributed by atoms with Crippen LogP contribution in [0.3, 0.4) is 0 Å². The molecule has 0 N–H and O–H groups in total. The van der Waals surface area contributed by atoms with E-state index in [1.54, 1.807) is 23.1 Å². The Balaban J connectivity index is 1.57. The summed E-state index contributed by atoms with van der Waals surface area (Å²) >= 11 is 12.3.